The van der Waals surface area contributed by atoms with E-state index in [1.807, 2.05) is 13.8 Å². The monoisotopic (exact) mass is 383 g/mol. The second-order valence-corrected chi connectivity index (χ2v) is 9.47. The summed E-state index contributed by atoms with van der Waals surface area (Å²) in [5, 5.41) is 6.74. The van der Waals surface area contributed by atoms with Crippen LogP contribution in [0.3, 0.4) is 0 Å². The maximum absolute atomic E-state index is 13.0. The number of rotatable bonds is 4. The van der Waals surface area contributed by atoms with Crippen LogP contribution in [0.1, 0.15) is 31.2 Å². The lowest BCUT2D eigenvalue weighted by molar-refractivity contribution is -0.119. The molecule has 9 heteroatoms. The van der Waals surface area contributed by atoms with E-state index in [4.69, 9.17) is 4.52 Å². The smallest absolute Gasteiger partial charge is 0.252 e. The van der Waals surface area contributed by atoms with Gasteiger partial charge in [0.2, 0.25) is 5.91 Å². The quantitative estimate of drug-likeness (QED) is 0.875. The van der Waals surface area contributed by atoms with E-state index in [0.29, 0.717) is 23.1 Å². The molecule has 1 amide bonds. The minimum atomic E-state index is -3.58. The molecular formula is C16H21N3O4S2. The zero-order chi connectivity index (χ0) is 18.2. The van der Waals surface area contributed by atoms with Gasteiger partial charge in [0.1, 0.15) is 9.97 Å². The van der Waals surface area contributed by atoms with Crippen LogP contribution in [0.15, 0.2) is 20.9 Å². The van der Waals surface area contributed by atoms with Gasteiger partial charge in [-0.1, -0.05) is 5.16 Å². The molecule has 1 N–H and O–H groups in total. The molecule has 25 heavy (non-hydrogen) atoms. The SMILES string of the molecule is CC(=O)NC1CCCN(S(=O)(=O)c2ccc(-c3c(C)noc3C)s2)C1. The van der Waals surface area contributed by atoms with Gasteiger partial charge in [-0.2, -0.15) is 4.31 Å². The van der Waals surface area contributed by atoms with Crippen molar-refractivity contribution in [3.05, 3.63) is 23.6 Å². The summed E-state index contributed by atoms with van der Waals surface area (Å²) >= 11 is 1.22. The molecule has 3 heterocycles. The standard InChI is InChI=1S/C16H21N3O4S2/c1-10-16(11(2)23-18-10)14-6-7-15(24-14)25(21,22)19-8-4-5-13(9-19)17-12(3)20/h6-7,13H,4-5,8-9H2,1-3H3,(H,17,20). The highest BCUT2D eigenvalue weighted by Crippen LogP contribution is 2.36. The molecule has 136 valence electrons. The van der Waals surface area contributed by atoms with Gasteiger partial charge in [-0.25, -0.2) is 8.42 Å². The van der Waals surface area contributed by atoms with Gasteiger partial charge in [0, 0.05) is 30.9 Å². The van der Waals surface area contributed by atoms with Crippen LogP contribution >= 0.6 is 11.3 Å². The lowest BCUT2D eigenvalue weighted by atomic mass is 10.1. The van der Waals surface area contributed by atoms with Crippen LogP contribution in [0.5, 0.6) is 0 Å². The second kappa shape index (κ2) is 6.89. The molecule has 2 aromatic heterocycles. The van der Waals surface area contributed by atoms with Gasteiger partial charge < -0.3 is 9.84 Å². The molecule has 1 aliphatic rings. The summed E-state index contributed by atoms with van der Waals surface area (Å²) in [4.78, 5) is 12.1. The molecule has 3 rings (SSSR count). The van der Waals surface area contributed by atoms with Gasteiger partial charge in [-0.3, -0.25) is 4.79 Å². The van der Waals surface area contributed by atoms with Gasteiger partial charge in [-0.05, 0) is 38.8 Å². The first-order valence-corrected chi connectivity index (χ1v) is 10.3. The summed E-state index contributed by atoms with van der Waals surface area (Å²) in [6.07, 6.45) is 1.52. The molecular weight excluding hydrogens is 362 g/mol. The lowest BCUT2D eigenvalue weighted by Gasteiger charge is -2.31. The molecule has 1 saturated heterocycles. The summed E-state index contributed by atoms with van der Waals surface area (Å²) in [5.74, 6) is 0.535. The van der Waals surface area contributed by atoms with Crippen LogP contribution in [0, 0.1) is 13.8 Å². The maximum atomic E-state index is 13.0. The number of amides is 1. The third kappa shape index (κ3) is 3.63. The summed E-state index contributed by atoms with van der Waals surface area (Å²) in [7, 11) is -3.58. The van der Waals surface area contributed by atoms with Crippen LogP contribution in [-0.4, -0.2) is 42.9 Å². The Morgan fingerprint density at radius 2 is 2.16 bits per heavy atom. The zero-order valence-corrected chi connectivity index (χ0v) is 16.0. The van der Waals surface area contributed by atoms with Crippen molar-refractivity contribution in [1.82, 2.24) is 14.8 Å². The average Bonchev–Trinajstić information content (AvgIpc) is 3.14. The maximum Gasteiger partial charge on any atom is 0.252 e. The zero-order valence-electron chi connectivity index (χ0n) is 14.4. The predicted molar refractivity (Wildman–Crippen MR) is 94.9 cm³/mol. The number of carbonyl (C=O) groups is 1. The van der Waals surface area contributed by atoms with Crippen LogP contribution in [-0.2, 0) is 14.8 Å². The summed E-state index contributed by atoms with van der Waals surface area (Å²) in [6, 6.07) is 3.28. The number of sulfonamides is 1. The first-order valence-electron chi connectivity index (χ1n) is 8.09. The fourth-order valence-corrected chi connectivity index (χ4v) is 6.25. The van der Waals surface area contributed by atoms with E-state index in [1.54, 1.807) is 12.1 Å². The van der Waals surface area contributed by atoms with Crippen molar-refractivity contribution < 1.29 is 17.7 Å². The largest absolute Gasteiger partial charge is 0.361 e. The fraction of sp³-hybridized carbons (Fsp3) is 0.500. The Morgan fingerprint density at radius 3 is 2.80 bits per heavy atom. The van der Waals surface area contributed by atoms with Crippen molar-refractivity contribution in [3.8, 4) is 10.4 Å². The number of thiophene rings is 1. The van der Waals surface area contributed by atoms with Gasteiger partial charge in [0.05, 0.1) is 11.3 Å². The van der Waals surface area contributed by atoms with Gasteiger partial charge in [-0.15, -0.1) is 11.3 Å². The highest BCUT2D eigenvalue weighted by molar-refractivity contribution is 7.91. The molecule has 1 atom stereocenters. The Hall–Kier alpha value is -1.71. The number of hydrogen-bond acceptors (Lipinski definition) is 6. The third-order valence-electron chi connectivity index (χ3n) is 4.25. The molecule has 1 aliphatic heterocycles. The second-order valence-electron chi connectivity index (χ2n) is 6.22. The minimum Gasteiger partial charge on any atom is -0.361 e. The molecule has 1 fully saturated rings. The number of piperidine rings is 1. The Bertz CT molecular complexity index is 866. The van der Waals surface area contributed by atoms with E-state index in [1.165, 1.54) is 22.6 Å². The number of nitrogens with zero attached hydrogens (tertiary/aromatic N) is 2. The third-order valence-corrected chi connectivity index (χ3v) is 7.68. The molecule has 0 spiro atoms. The summed E-state index contributed by atoms with van der Waals surface area (Å²) in [5.41, 5.74) is 1.59. The molecule has 7 nitrogen and oxygen atoms in total. The first-order chi connectivity index (χ1) is 11.8. The van der Waals surface area contributed by atoms with E-state index in [-0.39, 0.29) is 11.9 Å². The summed E-state index contributed by atoms with van der Waals surface area (Å²) < 4.78 is 32.8. The van der Waals surface area contributed by atoms with Crippen molar-refractivity contribution in [2.24, 2.45) is 0 Å². The van der Waals surface area contributed by atoms with E-state index in [0.717, 1.165) is 29.0 Å². The number of carbonyl (C=O) groups excluding carboxylic acids is 1. The highest BCUT2D eigenvalue weighted by atomic mass is 32.2. The van der Waals surface area contributed by atoms with E-state index < -0.39 is 10.0 Å². The molecule has 2 aromatic rings. The van der Waals surface area contributed by atoms with Gasteiger partial charge >= 0.3 is 0 Å². The fourth-order valence-electron chi connectivity index (χ4n) is 3.12. The molecule has 0 radical (unpaired) electrons. The number of hydrogen-bond donors (Lipinski definition) is 1. The van der Waals surface area contributed by atoms with Crippen LogP contribution in [0.2, 0.25) is 0 Å². The molecule has 0 aliphatic carbocycles. The summed E-state index contributed by atoms with van der Waals surface area (Å²) in [6.45, 7) is 5.87. The van der Waals surface area contributed by atoms with Crippen LogP contribution < -0.4 is 5.32 Å². The molecule has 0 aromatic carbocycles. The van der Waals surface area contributed by atoms with Gasteiger partial charge in [0.25, 0.3) is 10.0 Å². The topological polar surface area (TPSA) is 92.5 Å². The van der Waals surface area contributed by atoms with Crippen molar-refractivity contribution in [1.29, 1.82) is 0 Å². The Morgan fingerprint density at radius 1 is 1.40 bits per heavy atom. The minimum absolute atomic E-state index is 0.136. The molecule has 0 saturated carbocycles. The Labute approximate surface area is 151 Å². The van der Waals surface area contributed by atoms with Crippen LogP contribution in [0.4, 0.5) is 0 Å². The lowest BCUT2D eigenvalue weighted by Crippen LogP contribution is -2.48. The number of aromatic nitrogens is 1. The van der Waals surface area contributed by atoms with Crippen molar-refractivity contribution in [2.45, 2.75) is 43.9 Å². The first kappa shape index (κ1) is 18.1. The van der Waals surface area contributed by atoms with E-state index >= 15 is 0 Å². The Kier molecular flexibility index (Phi) is 4.99. The predicted octanol–water partition coefficient (Wildman–Crippen LogP) is 2.31. The van der Waals surface area contributed by atoms with E-state index in [2.05, 4.69) is 10.5 Å². The molecule has 0 bridgehead atoms. The van der Waals surface area contributed by atoms with Crippen molar-refractivity contribution in [3.63, 3.8) is 0 Å². The normalized spacial score (nSPS) is 19.1. The van der Waals surface area contributed by atoms with Crippen LogP contribution in [0.25, 0.3) is 10.4 Å². The highest BCUT2D eigenvalue weighted by Gasteiger charge is 2.32. The number of nitrogens with one attached hydrogen (secondary N) is 1. The number of aryl methyl sites for hydroxylation is 2. The van der Waals surface area contributed by atoms with Crippen molar-refractivity contribution >= 4 is 27.3 Å². The Balaban J connectivity index is 1.85. The van der Waals surface area contributed by atoms with Crippen molar-refractivity contribution in [2.75, 3.05) is 13.1 Å². The van der Waals surface area contributed by atoms with Gasteiger partial charge in [0.15, 0.2) is 0 Å². The van der Waals surface area contributed by atoms with E-state index in [9.17, 15) is 13.2 Å². The average molecular weight is 383 g/mol. The molecule has 1 unspecified atom stereocenters.